The molecule has 8 heteroatoms. The zero-order chi connectivity index (χ0) is 22.1. The van der Waals surface area contributed by atoms with E-state index >= 15 is 0 Å². The Bertz CT molecular complexity index is 1340. The van der Waals surface area contributed by atoms with Gasteiger partial charge in [0.15, 0.2) is 0 Å². The summed E-state index contributed by atoms with van der Waals surface area (Å²) in [6, 6.07) is 13.8. The Morgan fingerprint density at radius 2 is 2.06 bits per heavy atom. The highest BCUT2D eigenvalue weighted by atomic mass is 19.1. The SMILES string of the molecule is O=C(Cn1c2ccc(F)cc2c2ncn(Cc3ccccc3)c(=O)c21)NCC1CCCO1. The second-order valence-electron chi connectivity index (χ2n) is 8.05. The van der Waals surface area contributed by atoms with Gasteiger partial charge >= 0.3 is 0 Å². The number of carbonyl (C=O) groups excluding carboxylic acids is 1. The molecule has 7 nitrogen and oxygen atoms in total. The van der Waals surface area contributed by atoms with Gasteiger partial charge in [0, 0.05) is 18.5 Å². The second-order valence-corrected chi connectivity index (χ2v) is 8.05. The molecule has 1 aliphatic heterocycles. The van der Waals surface area contributed by atoms with E-state index in [2.05, 4.69) is 10.3 Å². The number of carbonyl (C=O) groups is 1. The first kappa shape index (κ1) is 20.4. The fourth-order valence-electron chi connectivity index (χ4n) is 4.26. The minimum atomic E-state index is -0.422. The number of ether oxygens (including phenoxy) is 1. The molecule has 1 fully saturated rings. The van der Waals surface area contributed by atoms with Gasteiger partial charge < -0.3 is 14.6 Å². The van der Waals surface area contributed by atoms with E-state index in [0.29, 0.717) is 36.1 Å². The number of halogens is 1. The van der Waals surface area contributed by atoms with Crippen LogP contribution in [0.1, 0.15) is 18.4 Å². The third kappa shape index (κ3) is 3.89. The number of nitrogens with one attached hydrogen (secondary N) is 1. The quantitative estimate of drug-likeness (QED) is 0.506. The van der Waals surface area contributed by atoms with Crippen LogP contribution in [0.5, 0.6) is 0 Å². The van der Waals surface area contributed by atoms with Gasteiger partial charge in [0.2, 0.25) is 5.91 Å². The summed E-state index contributed by atoms with van der Waals surface area (Å²) in [4.78, 5) is 30.6. The number of rotatable bonds is 6. The molecule has 1 unspecified atom stereocenters. The molecule has 1 atom stereocenters. The molecule has 0 bridgehead atoms. The van der Waals surface area contributed by atoms with Gasteiger partial charge in [0.05, 0.1) is 24.5 Å². The van der Waals surface area contributed by atoms with Crippen LogP contribution in [-0.2, 0) is 22.6 Å². The van der Waals surface area contributed by atoms with Crippen LogP contribution in [-0.4, -0.2) is 39.3 Å². The van der Waals surface area contributed by atoms with E-state index < -0.39 is 5.82 Å². The molecule has 2 aromatic carbocycles. The Labute approximate surface area is 183 Å². The van der Waals surface area contributed by atoms with Gasteiger partial charge in [0.25, 0.3) is 5.56 Å². The first-order valence-corrected chi connectivity index (χ1v) is 10.7. The Kier molecular flexibility index (Phi) is 5.45. The van der Waals surface area contributed by atoms with Gasteiger partial charge in [-0.05, 0) is 36.6 Å². The van der Waals surface area contributed by atoms with Crippen LogP contribution < -0.4 is 10.9 Å². The predicted octanol–water partition coefficient (Wildman–Crippen LogP) is 2.83. The number of hydrogen-bond donors (Lipinski definition) is 1. The zero-order valence-electron chi connectivity index (χ0n) is 17.5. The van der Waals surface area contributed by atoms with Crippen LogP contribution in [0.4, 0.5) is 4.39 Å². The maximum Gasteiger partial charge on any atom is 0.278 e. The Hall–Kier alpha value is -3.52. The lowest BCUT2D eigenvalue weighted by Crippen LogP contribution is -2.34. The minimum absolute atomic E-state index is 0.0240. The van der Waals surface area contributed by atoms with Crippen LogP contribution in [0.25, 0.3) is 21.9 Å². The van der Waals surface area contributed by atoms with Gasteiger partial charge in [-0.25, -0.2) is 9.37 Å². The summed E-state index contributed by atoms with van der Waals surface area (Å²) in [5.74, 6) is -0.656. The van der Waals surface area contributed by atoms with Gasteiger partial charge in [-0.3, -0.25) is 14.2 Å². The number of fused-ring (bicyclic) bond motifs is 3. The van der Waals surface area contributed by atoms with E-state index in [4.69, 9.17) is 4.74 Å². The molecule has 1 aliphatic rings. The van der Waals surface area contributed by atoms with Crippen molar-refractivity contribution in [2.45, 2.75) is 32.0 Å². The van der Waals surface area contributed by atoms with E-state index in [9.17, 15) is 14.0 Å². The fourth-order valence-corrected chi connectivity index (χ4v) is 4.26. The highest BCUT2D eigenvalue weighted by molar-refractivity contribution is 6.06. The van der Waals surface area contributed by atoms with Gasteiger partial charge in [-0.2, -0.15) is 0 Å². The average Bonchev–Trinajstić information content (AvgIpc) is 3.42. The summed E-state index contributed by atoms with van der Waals surface area (Å²) in [5.41, 5.74) is 1.95. The smallest absolute Gasteiger partial charge is 0.278 e. The summed E-state index contributed by atoms with van der Waals surface area (Å²) in [7, 11) is 0. The molecule has 4 aromatic rings. The third-order valence-electron chi connectivity index (χ3n) is 5.84. The summed E-state index contributed by atoms with van der Waals surface area (Å²) in [6.45, 7) is 1.43. The van der Waals surface area contributed by atoms with Crippen LogP contribution >= 0.6 is 0 Å². The summed E-state index contributed by atoms with van der Waals surface area (Å²) < 4.78 is 22.7. The minimum Gasteiger partial charge on any atom is -0.376 e. The summed E-state index contributed by atoms with van der Waals surface area (Å²) in [5, 5.41) is 3.40. The maximum absolute atomic E-state index is 14.0. The number of hydrogen-bond acceptors (Lipinski definition) is 4. The second kappa shape index (κ2) is 8.55. The van der Waals surface area contributed by atoms with E-state index in [1.165, 1.54) is 23.0 Å². The molecule has 164 valence electrons. The monoisotopic (exact) mass is 434 g/mol. The lowest BCUT2D eigenvalue weighted by atomic mass is 10.2. The van der Waals surface area contributed by atoms with Crippen molar-refractivity contribution in [3.05, 3.63) is 76.6 Å². The molecule has 1 amide bonds. The molecular weight excluding hydrogens is 411 g/mol. The van der Waals surface area contributed by atoms with Crippen molar-refractivity contribution >= 4 is 27.8 Å². The van der Waals surface area contributed by atoms with E-state index in [0.717, 1.165) is 18.4 Å². The molecule has 32 heavy (non-hydrogen) atoms. The van der Waals surface area contributed by atoms with Gasteiger partial charge in [-0.1, -0.05) is 30.3 Å². The highest BCUT2D eigenvalue weighted by Gasteiger charge is 2.20. The first-order chi connectivity index (χ1) is 15.6. The number of amides is 1. The largest absolute Gasteiger partial charge is 0.376 e. The molecular formula is C24H23FN4O3. The standard InChI is InChI=1S/C24H23FN4O3/c25-17-8-9-20-19(11-17)22-23(29(20)14-21(30)26-12-18-7-4-10-32-18)24(31)28(15-27-22)13-16-5-2-1-3-6-16/h1-3,5-6,8-9,11,15,18H,4,7,10,12-14H2,(H,26,30). The molecule has 2 aromatic heterocycles. The van der Waals surface area contributed by atoms with Crippen LogP contribution in [0, 0.1) is 5.82 Å². The van der Waals surface area contributed by atoms with Gasteiger partial charge in [0.1, 0.15) is 23.4 Å². The molecule has 0 spiro atoms. The van der Waals surface area contributed by atoms with Crippen molar-refractivity contribution in [2.24, 2.45) is 0 Å². The molecule has 0 radical (unpaired) electrons. The average molecular weight is 434 g/mol. The Morgan fingerprint density at radius 1 is 1.22 bits per heavy atom. The van der Waals surface area contributed by atoms with E-state index in [-0.39, 0.29) is 29.6 Å². The lowest BCUT2D eigenvalue weighted by Gasteiger charge is -2.12. The molecule has 1 saturated heterocycles. The molecule has 0 saturated carbocycles. The maximum atomic E-state index is 14.0. The Morgan fingerprint density at radius 3 is 2.84 bits per heavy atom. The molecule has 5 rings (SSSR count). The zero-order valence-corrected chi connectivity index (χ0v) is 17.5. The van der Waals surface area contributed by atoms with Crippen molar-refractivity contribution in [2.75, 3.05) is 13.2 Å². The van der Waals surface area contributed by atoms with Crippen molar-refractivity contribution < 1.29 is 13.9 Å². The molecule has 0 aliphatic carbocycles. The van der Waals surface area contributed by atoms with Crippen molar-refractivity contribution in [3.63, 3.8) is 0 Å². The van der Waals surface area contributed by atoms with Crippen LogP contribution in [0.2, 0.25) is 0 Å². The van der Waals surface area contributed by atoms with E-state index in [1.54, 1.807) is 10.6 Å². The van der Waals surface area contributed by atoms with Gasteiger partial charge in [-0.15, -0.1) is 0 Å². The Balaban J connectivity index is 1.54. The van der Waals surface area contributed by atoms with Crippen molar-refractivity contribution in [3.8, 4) is 0 Å². The topological polar surface area (TPSA) is 78.2 Å². The first-order valence-electron chi connectivity index (χ1n) is 10.7. The predicted molar refractivity (Wildman–Crippen MR) is 119 cm³/mol. The summed E-state index contributed by atoms with van der Waals surface area (Å²) >= 11 is 0. The molecule has 3 heterocycles. The third-order valence-corrected chi connectivity index (χ3v) is 5.84. The number of nitrogens with zero attached hydrogens (tertiary/aromatic N) is 3. The summed E-state index contributed by atoms with van der Waals surface area (Å²) in [6.07, 6.45) is 3.41. The number of benzene rings is 2. The van der Waals surface area contributed by atoms with Crippen molar-refractivity contribution in [1.82, 2.24) is 19.4 Å². The molecule has 1 N–H and O–H groups in total. The number of aromatic nitrogens is 3. The van der Waals surface area contributed by atoms with Crippen LogP contribution in [0.3, 0.4) is 0 Å². The van der Waals surface area contributed by atoms with Crippen molar-refractivity contribution in [1.29, 1.82) is 0 Å². The van der Waals surface area contributed by atoms with E-state index in [1.807, 2.05) is 30.3 Å². The highest BCUT2D eigenvalue weighted by Crippen LogP contribution is 2.26. The fraction of sp³-hybridized carbons (Fsp3) is 0.292. The normalized spacial score (nSPS) is 16.1. The lowest BCUT2D eigenvalue weighted by molar-refractivity contribution is -0.122. The van der Waals surface area contributed by atoms with Crippen LogP contribution in [0.15, 0.2) is 59.7 Å².